The molecular formula is C12H12ClNO3. The zero-order valence-electron chi connectivity index (χ0n) is 9.62. The van der Waals surface area contributed by atoms with E-state index in [4.69, 9.17) is 21.6 Å². The van der Waals surface area contributed by atoms with Crippen LogP contribution in [0, 0.1) is 11.3 Å². The minimum atomic E-state index is -0.396. The van der Waals surface area contributed by atoms with Gasteiger partial charge in [-0.05, 0) is 17.7 Å². The van der Waals surface area contributed by atoms with Crippen LogP contribution in [0.2, 0.25) is 0 Å². The van der Waals surface area contributed by atoms with Crippen LogP contribution >= 0.6 is 11.6 Å². The average Bonchev–Trinajstić information content (AvgIpc) is 2.37. The normalized spacial score (nSPS) is 9.53. The first-order chi connectivity index (χ1) is 8.15. The van der Waals surface area contributed by atoms with Crippen molar-refractivity contribution in [1.29, 1.82) is 5.26 Å². The van der Waals surface area contributed by atoms with Crippen LogP contribution in [0.25, 0.3) is 0 Å². The van der Waals surface area contributed by atoms with Crippen LogP contribution in [-0.4, -0.2) is 20.2 Å². The summed E-state index contributed by atoms with van der Waals surface area (Å²) in [5.41, 5.74) is 1.73. The summed E-state index contributed by atoms with van der Waals surface area (Å²) in [4.78, 5) is 11.2. The summed E-state index contributed by atoms with van der Waals surface area (Å²) < 4.78 is 9.68. The SMILES string of the molecule is COC(=O)Cc1cc(CCl)c(OC)cc1C#N. The molecule has 0 atom stereocenters. The maximum Gasteiger partial charge on any atom is 0.310 e. The minimum absolute atomic E-state index is 0.0489. The van der Waals surface area contributed by atoms with Gasteiger partial charge in [0.25, 0.3) is 0 Å². The molecule has 0 bridgehead atoms. The minimum Gasteiger partial charge on any atom is -0.496 e. The number of nitriles is 1. The van der Waals surface area contributed by atoms with Crippen molar-refractivity contribution in [3.8, 4) is 11.8 Å². The summed E-state index contributed by atoms with van der Waals surface area (Å²) in [6, 6.07) is 5.30. The molecule has 1 rings (SSSR count). The van der Waals surface area contributed by atoms with E-state index in [0.29, 0.717) is 16.9 Å². The monoisotopic (exact) mass is 253 g/mol. The highest BCUT2D eigenvalue weighted by molar-refractivity contribution is 6.17. The maximum absolute atomic E-state index is 11.2. The van der Waals surface area contributed by atoms with Gasteiger partial charge >= 0.3 is 5.97 Å². The van der Waals surface area contributed by atoms with Crippen molar-refractivity contribution in [1.82, 2.24) is 0 Å². The third-order valence-electron chi connectivity index (χ3n) is 2.33. The van der Waals surface area contributed by atoms with Gasteiger partial charge in [0.1, 0.15) is 5.75 Å². The zero-order chi connectivity index (χ0) is 12.8. The number of esters is 1. The Hall–Kier alpha value is -1.73. The molecule has 90 valence electrons. The number of nitrogens with zero attached hydrogens (tertiary/aromatic N) is 1. The summed E-state index contributed by atoms with van der Waals surface area (Å²) in [6.07, 6.45) is 0.0489. The van der Waals surface area contributed by atoms with E-state index < -0.39 is 5.97 Å². The van der Waals surface area contributed by atoms with Gasteiger partial charge in [-0.25, -0.2) is 0 Å². The number of carbonyl (C=O) groups is 1. The average molecular weight is 254 g/mol. The largest absolute Gasteiger partial charge is 0.496 e. The summed E-state index contributed by atoms with van der Waals surface area (Å²) >= 11 is 5.77. The summed E-state index contributed by atoms with van der Waals surface area (Å²) in [6.45, 7) is 0. The molecule has 4 nitrogen and oxygen atoms in total. The van der Waals surface area contributed by atoms with Crippen LogP contribution in [0.3, 0.4) is 0 Å². The Morgan fingerprint density at radius 3 is 2.59 bits per heavy atom. The molecule has 0 unspecified atom stereocenters. The van der Waals surface area contributed by atoms with Crippen LogP contribution in [-0.2, 0) is 21.8 Å². The molecule has 1 aromatic rings. The van der Waals surface area contributed by atoms with Crippen molar-refractivity contribution in [2.24, 2.45) is 0 Å². The number of alkyl halides is 1. The Labute approximate surface area is 105 Å². The van der Waals surface area contributed by atoms with Crippen LogP contribution in [0.5, 0.6) is 5.75 Å². The maximum atomic E-state index is 11.2. The highest BCUT2D eigenvalue weighted by atomic mass is 35.5. The summed E-state index contributed by atoms with van der Waals surface area (Å²) in [7, 11) is 2.81. The van der Waals surface area contributed by atoms with Gasteiger partial charge in [-0.15, -0.1) is 11.6 Å². The number of carbonyl (C=O) groups excluding carboxylic acids is 1. The Balaban J connectivity index is 3.20. The molecule has 17 heavy (non-hydrogen) atoms. The number of methoxy groups -OCH3 is 2. The van der Waals surface area contributed by atoms with Crippen molar-refractivity contribution in [2.45, 2.75) is 12.3 Å². The van der Waals surface area contributed by atoms with Gasteiger partial charge in [0.05, 0.1) is 38.2 Å². The number of halogens is 1. The molecular weight excluding hydrogens is 242 g/mol. The van der Waals surface area contributed by atoms with E-state index in [1.807, 2.05) is 6.07 Å². The van der Waals surface area contributed by atoms with Crippen LogP contribution in [0.15, 0.2) is 12.1 Å². The number of hydrogen-bond donors (Lipinski definition) is 0. The van der Waals surface area contributed by atoms with Crippen molar-refractivity contribution in [3.05, 3.63) is 28.8 Å². The van der Waals surface area contributed by atoms with Crippen molar-refractivity contribution < 1.29 is 14.3 Å². The van der Waals surface area contributed by atoms with Crippen LogP contribution in [0.1, 0.15) is 16.7 Å². The molecule has 0 radical (unpaired) electrons. The molecule has 5 heteroatoms. The van der Waals surface area contributed by atoms with Gasteiger partial charge in [-0.2, -0.15) is 5.26 Å². The standard InChI is InChI=1S/C12H12ClNO3/c1-16-11-4-10(7-14)8(3-9(11)6-13)5-12(15)17-2/h3-4H,5-6H2,1-2H3. The lowest BCUT2D eigenvalue weighted by atomic mass is 10.0. The van der Waals surface area contributed by atoms with Crippen LogP contribution < -0.4 is 4.74 Å². The second-order valence-corrected chi connectivity index (χ2v) is 3.59. The zero-order valence-corrected chi connectivity index (χ0v) is 10.4. The molecule has 1 aromatic carbocycles. The first kappa shape index (κ1) is 13.3. The van der Waals surface area contributed by atoms with Gasteiger partial charge in [0.2, 0.25) is 0 Å². The fourth-order valence-corrected chi connectivity index (χ4v) is 1.66. The van der Waals surface area contributed by atoms with Crippen molar-refractivity contribution in [2.75, 3.05) is 14.2 Å². The molecule has 0 amide bonds. The first-order valence-corrected chi connectivity index (χ1v) is 5.42. The van der Waals surface area contributed by atoms with Crippen molar-refractivity contribution >= 4 is 17.6 Å². The third kappa shape index (κ3) is 3.11. The number of hydrogen-bond acceptors (Lipinski definition) is 4. The fourth-order valence-electron chi connectivity index (χ4n) is 1.45. The predicted octanol–water partition coefficient (Wildman–Crippen LogP) is 2.02. The van der Waals surface area contributed by atoms with Crippen LogP contribution in [0.4, 0.5) is 0 Å². The van der Waals surface area contributed by atoms with Gasteiger partial charge in [-0.1, -0.05) is 0 Å². The molecule has 0 aliphatic rings. The Kier molecular flexibility index (Phi) is 4.80. The van der Waals surface area contributed by atoms with E-state index >= 15 is 0 Å². The number of rotatable bonds is 4. The highest BCUT2D eigenvalue weighted by Gasteiger charge is 2.13. The van der Waals surface area contributed by atoms with Gasteiger partial charge in [-0.3, -0.25) is 4.79 Å². The Morgan fingerprint density at radius 2 is 2.12 bits per heavy atom. The predicted molar refractivity (Wildman–Crippen MR) is 63.0 cm³/mol. The second-order valence-electron chi connectivity index (χ2n) is 3.32. The molecule has 0 saturated carbocycles. The quantitative estimate of drug-likeness (QED) is 0.608. The van der Waals surface area contributed by atoms with Gasteiger partial charge < -0.3 is 9.47 Å². The molecule has 0 fully saturated rings. The number of ether oxygens (including phenoxy) is 2. The molecule has 0 aliphatic heterocycles. The van der Waals surface area contributed by atoms with Crippen molar-refractivity contribution in [3.63, 3.8) is 0 Å². The Morgan fingerprint density at radius 1 is 1.41 bits per heavy atom. The smallest absolute Gasteiger partial charge is 0.310 e. The van der Waals surface area contributed by atoms with Gasteiger partial charge in [0.15, 0.2) is 0 Å². The molecule has 0 aromatic heterocycles. The van der Waals surface area contributed by atoms with E-state index in [9.17, 15) is 4.79 Å². The lowest BCUT2D eigenvalue weighted by Gasteiger charge is -2.10. The Bertz CT molecular complexity index is 466. The molecule has 0 saturated heterocycles. The van der Waals surface area contributed by atoms with E-state index in [0.717, 1.165) is 5.56 Å². The topological polar surface area (TPSA) is 59.3 Å². The lowest BCUT2D eigenvalue weighted by Crippen LogP contribution is -2.07. The van der Waals surface area contributed by atoms with E-state index in [-0.39, 0.29) is 12.3 Å². The molecule has 0 N–H and O–H groups in total. The molecule has 0 aliphatic carbocycles. The molecule has 0 heterocycles. The van der Waals surface area contributed by atoms with E-state index in [1.54, 1.807) is 12.1 Å². The summed E-state index contributed by atoms with van der Waals surface area (Å²) in [5.74, 6) is 0.403. The highest BCUT2D eigenvalue weighted by Crippen LogP contribution is 2.25. The van der Waals surface area contributed by atoms with E-state index in [1.165, 1.54) is 14.2 Å². The second kappa shape index (κ2) is 6.12. The van der Waals surface area contributed by atoms with Gasteiger partial charge in [0, 0.05) is 5.56 Å². The lowest BCUT2D eigenvalue weighted by molar-refractivity contribution is -0.139. The third-order valence-corrected chi connectivity index (χ3v) is 2.62. The summed E-state index contributed by atoms with van der Waals surface area (Å²) in [5, 5.41) is 9.00. The molecule has 0 spiro atoms. The van der Waals surface area contributed by atoms with E-state index in [2.05, 4.69) is 4.74 Å². The number of benzene rings is 1. The fraction of sp³-hybridized carbons (Fsp3) is 0.333. The first-order valence-electron chi connectivity index (χ1n) is 4.89.